The van der Waals surface area contributed by atoms with Crippen molar-refractivity contribution in [2.75, 3.05) is 18.9 Å². The second-order valence-electron chi connectivity index (χ2n) is 5.83. The van der Waals surface area contributed by atoms with E-state index in [1.165, 1.54) is 11.0 Å². The number of nitro benzene ring substituents is 1. The third-order valence-corrected chi connectivity index (χ3v) is 4.09. The minimum atomic E-state index is -0.490. The maximum absolute atomic E-state index is 12.4. The number of carbonyl (C=O) groups is 1. The number of nitrogens with one attached hydrogen (secondary N) is 1. The van der Waals surface area contributed by atoms with Crippen LogP contribution < -0.4 is 11.1 Å². The highest BCUT2D eigenvalue weighted by Crippen LogP contribution is 2.27. The molecule has 1 unspecified atom stereocenters. The predicted molar refractivity (Wildman–Crippen MR) is 97.5 cm³/mol. The van der Waals surface area contributed by atoms with Crippen LogP contribution in [0.1, 0.15) is 22.8 Å². The molecule has 132 valence electrons. The molecule has 1 atom stereocenters. The number of amides is 1. The molecule has 0 aliphatic rings. The van der Waals surface area contributed by atoms with E-state index in [0.29, 0.717) is 18.8 Å². The molecule has 2 rings (SSSR count). The zero-order valence-corrected chi connectivity index (χ0v) is 14.3. The largest absolute Gasteiger partial charge is 0.375 e. The molecule has 0 radical (unpaired) electrons. The number of hydrogen-bond acceptors (Lipinski definition) is 5. The second kappa shape index (κ2) is 8.25. The van der Waals surface area contributed by atoms with Gasteiger partial charge in [-0.1, -0.05) is 30.3 Å². The molecule has 1 amide bonds. The first-order chi connectivity index (χ1) is 11.9. The lowest BCUT2D eigenvalue weighted by molar-refractivity contribution is -0.384. The van der Waals surface area contributed by atoms with Gasteiger partial charge in [0, 0.05) is 37.8 Å². The highest BCUT2D eigenvalue weighted by atomic mass is 16.6. The van der Waals surface area contributed by atoms with Gasteiger partial charge in [0.15, 0.2) is 0 Å². The predicted octanol–water partition coefficient (Wildman–Crippen LogP) is 2.63. The number of hydrogen-bond donors (Lipinski definition) is 2. The molecular formula is C18H22N4O3. The standard InChI is InChI=1S/C18H22N4O3/c1-13(11-19)21(2)18(23)15-8-9-16(17(10-15)22(24)25)20-12-14-6-4-3-5-7-14/h3-10,13,20H,11-12,19H2,1-2H3. The van der Waals surface area contributed by atoms with Gasteiger partial charge in [-0.05, 0) is 24.6 Å². The summed E-state index contributed by atoms with van der Waals surface area (Å²) >= 11 is 0. The monoisotopic (exact) mass is 342 g/mol. The lowest BCUT2D eigenvalue weighted by Crippen LogP contribution is -2.39. The van der Waals surface area contributed by atoms with Crippen molar-refractivity contribution in [1.29, 1.82) is 0 Å². The van der Waals surface area contributed by atoms with E-state index in [9.17, 15) is 14.9 Å². The van der Waals surface area contributed by atoms with Crippen molar-refractivity contribution in [3.63, 3.8) is 0 Å². The molecule has 0 heterocycles. The summed E-state index contributed by atoms with van der Waals surface area (Å²) < 4.78 is 0. The number of rotatable bonds is 7. The van der Waals surface area contributed by atoms with E-state index in [4.69, 9.17) is 5.73 Å². The number of nitrogens with zero attached hydrogens (tertiary/aromatic N) is 2. The Morgan fingerprint density at radius 1 is 1.28 bits per heavy atom. The van der Waals surface area contributed by atoms with Gasteiger partial charge < -0.3 is 16.0 Å². The summed E-state index contributed by atoms with van der Waals surface area (Å²) in [6.07, 6.45) is 0. The summed E-state index contributed by atoms with van der Waals surface area (Å²) in [6, 6.07) is 13.9. The number of anilines is 1. The number of nitrogens with two attached hydrogens (primary N) is 1. The summed E-state index contributed by atoms with van der Waals surface area (Å²) in [5.74, 6) is -0.296. The molecular weight excluding hydrogens is 320 g/mol. The molecule has 0 bridgehead atoms. The normalized spacial score (nSPS) is 11.6. The Morgan fingerprint density at radius 3 is 2.56 bits per heavy atom. The van der Waals surface area contributed by atoms with Crippen LogP contribution in [0, 0.1) is 10.1 Å². The molecule has 0 saturated carbocycles. The van der Waals surface area contributed by atoms with Crippen LogP contribution >= 0.6 is 0 Å². The van der Waals surface area contributed by atoms with Crippen LogP contribution in [0.25, 0.3) is 0 Å². The van der Waals surface area contributed by atoms with E-state index in [2.05, 4.69) is 5.32 Å². The first-order valence-corrected chi connectivity index (χ1v) is 7.97. The van der Waals surface area contributed by atoms with Gasteiger partial charge in [0.25, 0.3) is 11.6 Å². The smallest absolute Gasteiger partial charge is 0.293 e. The molecule has 3 N–H and O–H groups in total. The molecule has 0 aliphatic carbocycles. The van der Waals surface area contributed by atoms with E-state index < -0.39 is 4.92 Å². The van der Waals surface area contributed by atoms with Gasteiger partial charge in [-0.3, -0.25) is 14.9 Å². The molecule has 0 saturated heterocycles. The second-order valence-corrected chi connectivity index (χ2v) is 5.83. The van der Waals surface area contributed by atoms with Crippen molar-refractivity contribution in [3.05, 3.63) is 69.8 Å². The van der Waals surface area contributed by atoms with Gasteiger partial charge in [0.2, 0.25) is 0 Å². The van der Waals surface area contributed by atoms with Crippen LogP contribution in [0.15, 0.2) is 48.5 Å². The number of likely N-dealkylation sites (N-methyl/N-ethyl adjacent to an activating group) is 1. The lowest BCUT2D eigenvalue weighted by Gasteiger charge is -2.23. The SMILES string of the molecule is CC(CN)N(C)C(=O)c1ccc(NCc2ccccc2)c([N+](=O)[O-])c1. The van der Waals surface area contributed by atoms with Gasteiger partial charge in [-0.25, -0.2) is 0 Å². The van der Waals surface area contributed by atoms with Crippen molar-refractivity contribution in [1.82, 2.24) is 4.90 Å². The van der Waals surface area contributed by atoms with Gasteiger partial charge in [0.1, 0.15) is 5.69 Å². The number of benzene rings is 2. The van der Waals surface area contributed by atoms with E-state index in [1.54, 1.807) is 19.2 Å². The Balaban J connectivity index is 2.22. The van der Waals surface area contributed by atoms with Gasteiger partial charge in [-0.15, -0.1) is 0 Å². The van der Waals surface area contributed by atoms with Crippen molar-refractivity contribution >= 4 is 17.3 Å². The van der Waals surface area contributed by atoms with Crippen LogP contribution in [-0.2, 0) is 6.54 Å². The van der Waals surface area contributed by atoms with Crippen molar-refractivity contribution in [2.24, 2.45) is 5.73 Å². The van der Waals surface area contributed by atoms with E-state index in [-0.39, 0.29) is 23.2 Å². The fourth-order valence-corrected chi connectivity index (χ4v) is 2.32. The van der Waals surface area contributed by atoms with Gasteiger partial charge in [-0.2, -0.15) is 0 Å². The average Bonchev–Trinajstić information content (AvgIpc) is 2.65. The molecule has 2 aromatic rings. The molecule has 7 heteroatoms. The summed E-state index contributed by atoms with van der Waals surface area (Å²) in [5, 5.41) is 14.4. The van der Waals surface area contributed by atoms with Crippen LogP contribution in [0.5, 0.6) is 0 Å². The van der Waals surface area contributed by atoms with Crippen molar-refractivity contribution < 1.29 is 9.72 Å². The zero-order chi connectivity index (χ0) is 18.4. The summed E-state index contributed by atoms with van der Waals surface area (Å²) in [4.78, 5) is 24.8. The van der Waals surface area contributed by atoms with Crippen LogP contribution in [0.2, 0.25) is 0 Å². The molecule has 7 nitrogen and oxygen atoms in total. The van der Waals surface area contributed by atoms with Gasteiger partial charge in [0.05, 0.1) is 4.92 Å². The maximum Gasteiger partial charge on any atom is 0.293 e. The third-order valence-electron chi connectivity index (χ3n) is 4.09. The summed E-state index contributed by atoms with van der Waals surface area (Å²) in [7, 11) is 1.63. The third kappa shape index (κ3) is 4.54. The van der Waals surface area contributed by atoms with E-state index in [1.807, 2.05) is 37.3 Å². The quantitative estimate of drug-likeness (QED) is 0.595. The molecule has 25 heavy (non-hydrogen) atoms. The fourth-order valence-electron chi connectivity index (χ4n) is 2.32. The Kier molecular flexibility index (Phi) is 6.08. The van der Waals surface area contributed by atoms with E-state index in [0.717, 1.165) is 5.56 Å². The number of nitro groups is 1. The van der Waals surface area contributed by atoms with Crippen LogP contribution in [0.3, 0.4) is 0 Å². The molecule has 0 fully saturated rings. The lowest BCUT2D eigenvalue weighted by atomic mass is 10.1. The summed E-state index contributed by atoms with van der Waals surface area (Å²) in [5.41, 5.74) is 7.09. The van der Waals surface area contributed by atoms with Crippen LogP contribution in [-0.4, -0.2) is 35.4 Å². The van der Waals surface area contributed by atoms with Crippen molar-refractivity contribution in [3.8, 4) is 0 Å². The Morgan fingerprint density at radius 2 is 1.96 bits per heavy atom. The first kappa shape index (κ1) is 18.4. The molecule has 0 aliphatic heterocycles. The van der Waals surface area contributed by atoms with E-state index >= 15 is 0 Å². The molecule has 2 aromatic carbocycles. The Bertz CT molecular complexity index is 749. The van der Waals surface area contributed by atoms with Crippen molar-refractivity contribution in [2.45, 2.75) is 19.5 Å². The highest BCUT2D eigenvalue weighted by molar-refractivity contribution is 5.95. The molecule has 0 spiro atoms. The topological polar surface area (TPSA) is 102 Å². The number of carbonyl (C=O) groups excluding carboxylic acids is 1. The molecule has 0 aromatic heterocycles. The average molecular weight is 342 g/mol. The maximum atomic E-state index is 12.4. The summed E-state index contributed by atoms with van der Waals surface area (Å²) in [6.45, 7) is 2.60. The highest BCUT2D eigenvalue weighted by Gasteiger charge is 2.21. The van der Waals surface area contributed by atoms with Gasteiger partial charge >= 0.3 is 0 Å². The first-order valence-electron chi connectivity index (χ1n) is 7.97. The Labute approximate surface area is 146 Å². The fraction of sp³-hybridized carbons (Fsp3) is 0.278. The zero-order valence-electron chi connectivity index (χ0n) is 14.3. The minimum Gasteiger partial charge on any atom is -0.375 e. The van der Waals surface area contributed by atoms with Crippen LogP contribution in [0.4, 0.5) is 11.4 Å². The minimum absolute atomic E-state index is 0.129. The Hall–Kier alpha value is -2.93.